The van der Waals surface area contributed by atoms with Crippen molar-refractivity contribution < 1.29 is 4.74 Å². The Morgan fingerprint density at radius 1 is 1.44 bits per heavy atom. The lowest BCUT2D eigenvalue weighted by Crippen LogP contribution is -1.99. The Bertz CT molecular complexity index is 456. The van der Waals surface area contributed by atoms with Gasteiger partial charge in [0.15, 0.2) is 0 Å². The molecule has 0 amide bonds. The van der Waals surface area contributed by atoms with E-state index in [2.05, 4.69) is 9.97 Å². The van der Waals surface area contributed by atoms with E-state index in [9.17, 15) is 0 Å². The average molecular weight is 235 g/mol. The van der Waals surface area contributed by atoms with Gasteiger partial charge in [-0.25, -0.2) is 4.98 Å². The largest absolute Gasteiger partial charge is 0.378 e. The molecule has 0 aliphatic heterocycles. The number of rotatable bonds is 4. The van der Waals surface area contributed by atoms with Crippen LogP contribution in [0.2, 0.25) is 0 Å². The predicted octanol–water partition coefficient (Wildman–Crippen LogP) is 1.81. The topological polar surface area (TPSA) is 61.0 Å². The summed E-state index contributed by atoms with van der Waals surface area (Å²) < 4.78 is 5.09. The van der Waals surface area contributed by atoms with Crippen LogP contribution in [0.25, 0.3) is 10.7 Å². The lowest BCUT2D eigenvalue weighted by Gasteiger charge is -1.95. The Kier molecular flexibility index (Phi) is 3.61. The van der Waals surface area contributed by atoms with E-state index in [1.54, 1.807) is 24.6 Å². The number of hydrogen-bond donors (Lipinski definition) is 1. The van der Waals surface area contributed by atoms with Gasteiger partial charge in [-0.1, -0.05) is 6.07 Å². The second-order valence-electron chi connectivity index (χ2n) is 3.24. The first-order chi connectivity index (χ1) is 7.85. The van der Waals surface area contributed by atoms with Gasteiger partial charge in [-0.2, -0.15) is 0 Å². The molecule has 0 aliphatic carbocycles. The van der Waals surface area contributed by atoms with E-state index in [-0.39, 0.29) is 0 Å². The third-order valence-corrected chi connectivity index (χ3v) is 3.27. The molecule has 5 heteroatoms. The molecule has 0 saturated heterocycles. The van der Waals surface area contributed by atoms with Crippen molar-refractivity contribution in [2.75, 3.05) is 7.11 Å². The molecule has 2 heterocycles. The van der Waals surface area contributed by atoms with E-state index in [1.807, 2.05) is 18.2 Å². The molecule has 2 aromatic heterocycles. The van der Waals surface area contributed by atoms with Gasteiger partial charge in [-0.15, -0.1) is 11.3 Å². The molecular formula is C11H13N3OS. The van der Waals surface area contributed by atoms with E-state index in [1.165, 1.54) is 0 Å². The fraction of sp³-hybridized carbons (Fsp3) is 0.273. The highest BCUT2D eigenvalue weighted by molar-refractivity contribution is 7.15. The van der Waals surface area contributed by atoms with Gasteiger partial charge in [-0.05, 0) is 12.1 Å². The molecule has 84 valence electrons. The first-order valence-corrected chi connectivity index (χ1v) is 5.75. The second-order valence-corrected chi connectivity index (χ2v) is 4.32. The average Bonchev–Trinajstić information content (AvgIpc) is 2.74. The third-order valence-electron chi connectivity index (χ3n) is 2.13. The molecule has 0 aromatic carbocycles. The van der Waals surface area contributed by atoms with Gasteiger partial charge in [0.05, 0.1) is 18.0 Å². The zero-order valence-electron chi connectivity index (χ0n) is 9.01. The first-order valence-electron chi connectivity index (χ1n) is 4.94. The van der Waals surface area contributed by atoms with Gasteiger partial charge in [0.1, 0.15) is 5.01 Å². The summed E-state index contributed by atoms with van der Waals surface area (Å²) in [5.74, 6) is 0. The van der Waals surface area contributed by atoms with Gasteiger partial charge in [0.2, 0.25) is 0 Å². The second kappa shape index (κ2) is 5.16. The van der Waals surface area contributed by atoms with E-state index in [0.29, 0.717) is 13.2 Å². The highest BCUT2D eigenvalue weighted by atomic mass is 32.1. The van der Waals surface area contributed by atoms with E-state index in [0.717, 1.165) is 21.3 Å². The van der Waals surface area contributed by atoms with Gasteiger partial charge in [0, 0.05) is 24.7 Å². The van der Waals surface area contributed by atoms with Crippen LogP contribution in [0.1, 0.15) is 10.6 Å². The molecule has 0 atom stereocenters. The van der Waals surface area contributed by atoms with Crippen LogP contribution >= 0.6 is 11.3 Å². The van der Waals surface area contributed by atoms with Crippen LogP contribution in [0.4, 0.5) is 0 Å². The summed E-state index contributed by atoms with van der Waals surface area (Å²) in [6.45, 7) is 0.985. The lowest BCUT2D eigenvalue weighted by molar-refractivity contribution is 0.181. The SMILES string of the molecule is COCc1nc(-c2ccccn2)sc1CN. The van der Waals surface area contributed by atoms with Crippen molar-refractivity contribution in [3.05, 3.63) is 35.0 Å². The van der Waals surface area contributed by atoms with Crippen LogP contribution in [-0.4, -0.2) is 17.1 Å². The fourth-order valence-electron chi connectivity index (χ4n) is 1.39. The minimum Gasteiger partial charge on any atom is -0.378 e. The van der Waals surface area contributed by atoms with E-state index < -0.39 is 0 Å². The van der Waals surface area contributed by atoms with Gasteiger partial charge in [0.25, 0.3) is 0 Å². The van der Waals surface area contributed by atoms with Crippen molar-refractivity contribution in [2.24, 2.45) is 5.73 Å². The zero-order valence-corrected chi connectivity index (χ0v) is 9.83. The molecule has 2 N–H and O–H groups in total. The Morgan fingerprint density at radius 3 is 2.94 bits per heavy atom. The molecule has 0 radical (unpaired) electrons. The van der Waals surface area contributed by atoms with Crippen LogP contribution in [0.3, 0.4) is 0 Å². The van der Waals surface area contributed by atoms with Crippen LogP contribution in [-0.2, 0) is 17.9 Å². The summed E-state index contributed by atoms with van der Waals surface area (Å²) >= 11 is 1.57. The quantitative estimate of drug-likeness (QED) is 0.878. The van der Waals surface area contributed by atoms with Crippen molar-refractivity contribution in [3.63, 3.8) is 0 Å². The maximum Gasteiger partial charge on any atom is 0.142 e. The molecule has 0 bridgehead atoms. The van der Waals surface area contributed by atoms with Crippen LogP contribution in [0.5, 0.6) is 0 Å². The molecular weight excluding hydrogens is 222 g/mol. The van der Waals surface area contributed by atoms with Crippen LogP contribution in [0, 0.1) is 0 Å². The minimum atomic E-state index is 0.489. The first kappa shape index (κ1) is 11.2. The molecule has 0 spiro atoms. The molecule has 16 heavy (non-hydrogen) atoms. The molecule has 0 saturated carbocycles. The van der Waals surface area contributed by atoms with Crippen molar-refractivity contribution in [2.45, 2.75) is 13.2 Å². The Morgan fingerprint density at radius 2 is 2.31 bits per heavy atom. The smallest absolute Gasteiger partial charge is 0.142 e. The van der Waals surface area contributed by atoms with Crippen molar-refractivity contribution in [1.29, 1.82) is 0 Å². The highest BCUT2D eigenvalue weighted by Crippen LogP contribution is 2.26. The summed E-state index contributed by atoms with van der Waals surface area (Å²) in [5.41, 5.74) is 7.46. The number of pyridine rings is 1. The maximum absolute atomic E-state index is 5.67. The Labute approximate surface area is 98.1 Å². The normalized spacial score (nSPS) is 10.6. The van der Waals surface area contributed by atoms with Crippen LogP contribution < -0.4 is 5.73 Å². The number of nitrogens with zero attached hydrogens (tertiary/aromatic N) is 2. The third kappa shape index (κ3) is 2.27. The molecule has 0 unspecified atom stereocenters. The van der Waals surface area contributed by atoms with Crippen molar-refractivity contribution in [3.8, 4) is 10.7 Å². The van der Waals surface area contributed by atoms with Crippen molar-refractivity contribution in [1.82, 2.24) is 9.97 Å². The number of ether oxygens (including phenoxy) is 1. The Hall–Kier alpha value is -1.30. The summed E-state index contributed by atoms with van der Waals surface area (Å²) in [7, 11) is 1.65. The number of hydrogen-bond acceptors (Lipinski definition) is 5. The van der Waals surface area contributed by atoms with Crippen LogP contribution in [0.15, 0.2) is 24.4 Å². The predicted molar refractivity (Wildman–Crippen MR) is 63.9 cm³/mol. The van der Waals surface area contributed by atoms with Gasteiger partial charge >= 0.3 is 0 Å². The standard InChI is InChI=1S/C11H13N3OS/c1-15-7-9-10(6-12)16-11(14-9)8-4-2-3-5-13-8/h2-5H,6-7,12H2,1H3. The molecule has 4 nitrogen and oxygen atoms in total. The van der Waals surface area contributed by atoms with Gasteiger partial charge in [-0.3, -0.25) is 4.98 Å². The summed E-state index contributed by atoms with van der Waals surface area (Å²) in [5, 5.41) is 0.896. The fourth-order valence-corrected chi connectivity index (χ4v) is 2.31. The molecule has 0 fully saturated rings. The van der Waals surface area contributed by atoms with E-state index >= 15 is 0 Å². The molecule has 0 aliphatic rings. The minimum absolute atomic E-state index is 0.489. The Balaban J connectivity index is 2.36. The molecule has 2 aromatic rings. The number of nitrogens with two attached hydrogens (primary N) is 1. The van der Waals surface area contributed by atoms with Crippen molar-refractivity contribution >= 4 is 11.3 Å². The summed E-state index contributed by atoms with van der Waals surface area (Å²) in [4.78, 5) is 9.81. The van der Waals surface area contributed by atoms with Gasteiger partial charge < -0.3 is 10.5 Å². The maximum atomic E-state index is 5.67. The molecule has 2 rings (SSSR count). The highest BCUT2D eigenvalue weighted by Gasteiger charge is 2.11. The summed E-state index contributed by atoms with van der Waals surface area (Å²) in [6, 6.07) is 5.77. The number of aromatic nitrogens is 2. The summed E-state index contributed by atoms with van der Waals surface area (Å²) in [6.07, 6.45) is 1.76. The zero-order chi connectivity index (χ0) is 11.4. The number of thiazole rings is 1. The monoisotopic (exact) mass is 235 g/mol. The lowest BCUT2D eigenvalue weighted by atomic mass is 10.3. The number of methoxy groups -OCH3 is 1. The van der Waals surface area contributed by atoms with E-state index in [4.69, 9.17) is 10.5 Å².